The molecule has 3 aliphatic rings. The van der Waals surface area contributed by atoms with Crippen molar-refractivity contribution in [2.45, 2.75) is 96.7 Å². The number of rotatable bonds is 30. The van der Waals surface area contributed by atoms with Crippen LogP contribution in [0.3, 0.4) is 0 Å². The van der Waals surface area contributed by atoms with Crippen LogP contribution in [0.1, 0.15) is 109 Å². The van der Waals surface area contributed by atoms with Gasteiger partial charge in [0.1, 0.15) is 42.4 Å². The molecule has 10 rings (SSSR count). The first-order valence-electron chi connectivity index (χ1n) is 32.8. The van der Waals surface area contributed by atoms with Crippen LogP contribution in [0.2, 0.25) is 0 Å². The third-order valence-corrected chi connectivity index (χ3v) is 19.1. The monoisotopic (exact) mass is 1380 g/mol. The fraction of sp³-hybridized carbons (Fsp3) is 0.400. The SMILES string of the molecule is Cc1csc2c(OC(=O)N(C)CCN(C)C(=O)OCc3ccc(NC(=O)[C@H](CCCNC(N)=O)NC(=O)C(NC(=O)CCCCCN4C(=O)C=CC4=O)C(C)C)cc3)cc3c(c12)[C@H](CCl)CN3C(=O)c1cc2cc(NC(=O)c3cc4cc(OCCN5CCCC5)ccc4[nH]3)ccc2[nH]1. The van der Waals surface area contributed by atoms with Gasteiger partial charge in [-0.3, -0.25) is 43.4 Å². The van der Waals surface area contributed by atoms with Gasteiger partial charge in [0.2, 0.25) is 17.7 Å². The van der Waals surface area contributed by atoms with Crippen molar-refractivity contribution < 1.29 is 62.2 Å². The van der Waals surface area contributed by atoms with E-state index in [1.54, 1.807) is 86.5 Å². The highest BCUT2D eigenvalue weighted by Crippen LogP contribution is 2.49. The van der Waals surface area contributed by atoms with Crippen LogP contribution in [0.25, 0.3) is 31.9 Å². The molecule has 518 valence electrons. The summed E-state index contributed by atoms with van der Waals surface area (Å²) in [6.07, 6.45) is 5.51. The molecule has 3 aromatic heterocycles. The molecule has 28 heteroatoms. The molecule has 11 amide bonds. The highest BCUT2D eigenvalue weighted by molar-refractivity contribution is 7.17. The number of nitrogens with zero attached hydrogens (tertiary/aromatic N) is 5. The van der Waals surface area contributed by atoms with Gasteiger partial charge in [-0.2, -0.15) is 0 Å². The highest BCUT2D eigenvalue weighted by atomic mass is 35.5. The minimum Gasteiger partial charge on any atom is -0.492 e. The molecule has 3 atom stereocenters. The van der Waals surface area contributed by atoms with Crippen molar-refractivity contribution in [3.05, 3.63) is 124 Å². The van der Waals surface area contributed by atoms with Crippen LogP contribution in [0.5, 0.6) is 11.5 Å². The molecule has 26 nitrogen and oxygen atoms in total. The van der Waals surface area contributed by atoms with Crippen LogP contribution < -0.4 is 46.7 Å². The van der Waals surface area contributed by atoms with Crippen LogP contribution in [-0.4, -0.2) is 180 Å². The molecule has 0 saturated carbocycles. The van der Waals surface area contributed by atoms with E-state index in [9.17, 15) is 47.9 Å². The summed E-state index contributed by atoms with van der Waals surface area (Å²) in [6, 6.07) is 20.0. The van der Waals surface area contributed by atoms with Crippen molar-refractivity contribution in [1.82, 2.24) is 45.5 Å². The summed E-state index contributed by atoms with van der Waals surface area (Å²) in [6.45, 7) is 9.78. The van der Waals surface area contributed by atoms with Crippen molar-refractivity contribution in [2.24, 2.45) is 11.7 Å². The number of nitrogens with two attached hydrogens (primary N) is 1. The Labute approximate surface area is 575 Å². The summed E-state index contributed by atoms with van der Waals surface area (Å²) in [5, 5.41) is 18.2. The van der Waals surface area contributed by atoms with E-state index in [1.165, 1.54) is 53.2 Å². The zero-order valence-electron chi connectivity index (χ0n) is 55.4. The number of hydrogen-bond acceptors (Lipinski definition) is 15. The first kappa shape index (κ1) is 70.8. The molecular formula is C70H82ClN13O13S. The average molecular weight is 1380 g/mol. The molecule has 0 radical (unpaired) electrons. The Hall–Kier alpha value is -9.99. The smallest absolute Gasteiger partial charge is 0.415 e. The van der Waals surface area contributed by atoms with E-state index < -0.39 is 42.1 Å². The molecule has 1 fully saturated rings. The number of halogens is 1. The molecule has 6 heterocycles. The van der Waals surface area contributed by atoms with Gasteiger partial charge in [-0.25, -0.2) is 14.4 Å². The van der Waals surface area contributed by atoms with Crippen LogP contribution in [0.4, 0.5) is 31.4 Å². The highest BCUT2D eigenvalue weighted by Gasteiger charge is 2.38. The number of nitrogens with one attached hydrogen (secondary N) is 7. The van der Waals surface area contributed by atoms with Crippen molar-refractivity contribution in [3.63, 3.8) is 0 Å². The molecular weight excluding hydrogens is 1300 g/mol. The van der Waals surface area contributed by atoms with Gasteiger partial charge < -0.3 is 71.2 Å². The van der Waals surface area contributed by atoms with E-state index in [-0.39, 0.29) is 112 Å². The van der Waals surface area contributed by atoms with E-state index in [1.807, 2.05) is 30.5 Å². The number of aromatic nitrogens is 2. The van der Waals surface area contributed by atoms with Gasteiger partial charge in [0.05, 0.1) is 10.4 Å². The summed E-state index contributed by atoms with van der Waals surface area (Å²) in [4.78, 5) is 145. The second-order valence-electron chi connectivity index (χ2n) is 25.2. The third-order valence-electron chi connectivity index (χ3n) is 17.6. The van der Waals surface area contributed by atoms with Crippen LogP contribution in [0.15, 0.2) is 96.4 Å². The first-order chi connectivity index (χ1) is 47.1. The normalized spacial score (nSPS) is 15.0. The second-order valence-corrected chi connectivity index (χ2v) is 26.4. The van der Waals surface area contributed by atoms with Crippen LogP contribution >= 0.6 is 22.9 Å². The first-order valence-corrected chi connectivity index (χ1v) is 34.2. The fourth-order valence-corrected chi connectivity index (χ4v) is 13.4. The van der Waals surface area contributed by atoms with Crippen molar-refractivity contribution >= 4 is 131 Å². The Balaban J connectivity index is 0.700. The van der Waals surface area contributed by atoms with Gasteiger partial charge in [-0.15, -0.1) is 22.9 Å². The Kier molecular flexibility index (Phi) is 23.4. The number of carbonyl (C=O) groups excluding carboxylic acids is 10. The van der Waals surface area contributed by atoms with Gasteiger partial charge in [0.25, 0.3) is 23.6 Å². The van der Waals surface area contributed by atoms with Gasteiger partial charge in [-0.1, -0.05) is 32.4 Å². The number of hydrogen-bond donors (Lipinski definition) is 8. The molecule has 4 aromatic carbocycles. The number of ether oxygens (including phenoxy) is 3. The molecule has 0 bridgehead atoms. The summed E-state index contributed by atoms with van der Waals surface area (Å²) in [7, 11) is 3.07. The molecule has 0 aliphatic carbocycles. The van der Waals surface area contributed by atoms with Gasteiger partial charge >= 0.3 is 18.2 Å². The van der Waals surface area contributed by atoms with E-state index in [4.69, 9.17) is 31.5 Å². The number of aromatic amines is 2. The van der Waals surface area contributed by atoms with Crippen LogP contribution in [-0.2, 0) is 35.3 Å². The van der Waals surface area contributed by atoms with Crippen molar-refractivity contribution in [1.29, 1.82) is 0 Å². The number of amides is 11. The maximum atomic E-state index is 14.7. The number of alkyl halides is 1. The lowest BCUT2D eigenvalue weighted by Gasteiger charge is -2.25. The Morgan fingerprint density at radius 3 is 2.16 bits per heavy atom. The van der Waals surface area contributed by atoms with Gasteiger partial charge in [0, 0.05) is 128 Å². The standard InChI is InChI=1S/C70H82ClN13O13S/c1-41(2)62(79-57(85)13-7-6-8-27-83-58(86)22-23-59(83)87)66(90)78-52(12-11-24-73-68(72)92)64(88)74-47-16-14-43(15-17-47)39-96-69(93)80(4)28-29-81(5)70(94)97-56-36-55-61(60-42(3)40-98-63(56)60)46(37-71)38-84(55)67(91)54-35-44-32-48(18-20-50(44)77-54)75-65(89)53-34-45-33-49(19-21-51(45)76-53)95-31-30-82-25-9-10-26-82/h14-23,32-36,40-41,46,52,62,76-77H,6-13,24-31,37-39H2,1-5H3,(H,74,88)(H,75,89)(H,78,90)(H,79,85)(H3,72,73,92)/t46-,52+,62?/m1/s1. The molecule has 3 aliphatic heterocycles. The number of primary amides is 1. The lowest BCUT2D eigenvalue weighted by atomic mass is 9.97. The largest absolute Gasteiger partial charge is 0.492 e. The van der Waals surface area contributed by atoms with E-state index >= 15 is 0 Å². The van der Waals surface area contributed by atoms with E-state index in [2.05, 4.69) is 41.5 Å². The topological polar surface area (TPSA) is 332 Å². The lowest BCUT2D eigenvalue weighted by Crippen LogP contribution is -2.54. The quantitative estimate of drug-likeness (QED) is 0.0118. The molecule has 0 spiro atoms. The van der Waals surface area contributed by atoms with Crippen molar-refractivity contribution in [3.8, 4) is 11.5 Å². The minimum absolute atomic E-state index is 0.0600. The number of H-pyrrole nitrogens is 2. The van der Waals surface area contributed by atoms with Gasteiger partial charge in [0.15, 0.2) is 5.75 Å². The van der Waals surface area contributed by atoms with Crippen molar-refractivity contribution in [2.75, 3.05) is 94.5 Å². The number of carbonyl (C=O) groups is 10. The number of aryl methyl sites for hydroxylation is 1. The zero-order valence-corrected chi connectivity index (χ0v) is 57.0. The molecule has 9 N–H and O–H groups in total. The Bertz CT molecular complexity index is 4160. The molecule has 1 unspecified atom stereocenters. The molecule has 98 heavy (non-hydrogen) atoms. The number of unbranched alkanes of at least 4 members (excludes halogenated alkanes) is 2. The number of urea groups is 1. The number of fused-ring (bicyclic) bond motifs is 5. The summed E-state index contributed by atoms with van der Waals surface area (Å²) in [5.41, 5.74) is 11.3. The Morgan fingerprint density at radius 1 is 0.765 bits per heavy atom. The lowest BCUT2D eigenvalue weighted by molar-refractivity contribution is -0.137. The van der Waals surface area contributed by atoms with Crippen LogP contribution in [0, 0.1) is 12.8 Å². The predicted molar refractivity (Wildman–Crippen MR) is 374 cm³/mol. The predicted octanol–water partition coefficient (Wildman–Crippen LogP) is 9.08. The number of likely N-dealkylation sites (tertiary alicyclic amines) is 1. The second kappa shape index (κ2) is 32.4. The van der Waals surface area contributed by atoms with E-state index in [0.29, 0.717) is 75.5 Å². The summed E-state index contributed by atoms with van der Waals surface area (Å²) in [5.74, 6) is -2.30. The summed E-state index contributed by atoms with van der Waals surface area (Å²) >= 11 is 8.06. The summed E-state index contributed by atoms with van der Waals surface area (Å²) < 4.78 is 18.5. The minimum atomic E-state index is -1.09. The maximum absolute atomic E-state index is 14.7. The van der Waals surface area contributed by atoms with E-state index in [0.717, 1.165) is 57.7 Å². The number of thiophene rings is 1. The number of anilines is 3. The maximum Gasteiger partial charge on any atom is 0.415 e. The molecule has 1 saturated heterocycles. The average Bonchev–Trinajstić information content (AvgIpc) is 1.57. The van der Waals surface area contributed by atoms with Gasteiger partial charge in [-0.05, 0) is 147 Å². The third kappa shape index (κ3) is 17.6. The number of benzene rings is 4. The fourth-order valence-electron chi connectivity index (χ4n) is 12.1. The Morgan fingerprint density at radius 2 is 1.45 bits per heavy atom. The number of imide groups is 1. The zero-order chi connectivity index (χ0) is 69.7. The number of likely N-dealkylation sites (N-methyl/N-ethyl adjacent to an activating group) is 2. The molecule has 7 aromatic rings.